The van der Waals surface area contributed by atoms with Gasteiger partial charge in [-0.2, -0.15) is 0 Å². The van der Waals surface area contributed by atoms with E-state index >= 15 is 0 Å². The van der Waals surface area contributed by atoms with Crippen molar-refractivity contribution in [1.29, 1.82) is 0 Å². The molecule has 0 unspecified atom stereocenters. The third kappa shape index (κ3) is 3.15. The van der Waals surface area contributed by atoms with E-state index in [4.69, 9.17) is 5.73 Å². The zero-order chi connectivity index (χ0) is 12.8. The van der Waals surface area contributed by atoms with E-state index in [-0.39, 0.29) is 17.9 Å². The van der Waals surface area contributed by atoms with E-state index < -0.39 is 0 Å². The lowest BCUT2D eigenvalue weighted by molar-refractivity contribution is 0.500. The Kier molecular flexibility index (Phi) is 3.98. The molecule has 19 heavy (non-hydrogen) atoms. The molecule has 0 amide bonds. The van der Waals surface area contributed by atoms with Gasteiger partial charge >= 0.3 is 0 Å². The molecule has 0 saturated heterocycles. The Morgan fingerprint density at radius 3 is 2.37 bits per heavy atom. The summed E-state index contributed by atoms with van der Waals surface area (Å²) < 4.78 is 0. The zero-order valence-electron chi connectivity index (χ0n) is 11.8. The molecule has 2 aliphatic rings. The quantitative estimate of drug-likeness (QED) is 0.924. The molecule has 0 radical (unpaired) electrons. The van der Waals surface area contributed by atoms with Crippen molar-refractivity contribution in [2.24, 2.45) is 5.73 Å². The summed E-state index contributed by atoms with van der Waals surface area (Å²) in [7, 11) is 0. The van der Waals surface area contributed by atoms with Crippen molar-refractivity contribution in [2.75, 3.05) is 29.4 Å². The smallest absolute Gasteiger partial charge is 0.0607 e. The maximum absolute atomic E-state index is 6.17. The van der Waals surface area contributed by atoms with Gasteiger partial charge in [0.15, 0.2) is 0 Å². The summed E-state index contributed by atoms with van der Waals surface area (Å²) in [5.74, 6) is 0. The van der Waals surface area contributed by atoms with E-state index in [0.717, 1.165) is 25.7 Å². The molecular weight excluding hydrogens is 258 g/mol. The second kappa shape index (κ2) is 5.22. The molecule has 1 saturated carbocycles. The molecule has 106 valence electrons. The summed E-state index contributed by atoms with van der Waals surface area (Å²) >= 11 is 0. The number of benzene rings is 1. The van der Waals surface area contributed by atoms with Gasteiger partial charge in [-0.3, -0.25) is 0 Å². The van der Waals surface area contributed by atoms with Crippen molar-refractivity contribution in [1.82, 2.24) is 0 Å². The first-order valence-electron chi connectivity index (χ1n) is 6.94. The number of para-hydroxylation sites is 2. The van der Waals surface area contributed by atoms with Crippen LogP contribution in [0.5, 0.6) is 0 Å². The lowest BCUT2D eigenvalue weighted by atomic mass is 10.0. The largest absolute Gasteiger partial charge is 0.366 e. The highest BCUT2D eigenvalue weighted by atomic mass is 35.5. The number of nitrogens with zero attached hydrogens (tertiary/aromatic N) is 2. The maximum Gasteiger partial charge on any atom is 0.0607 e. The first-order valence-corrected chi connectivity index (χ1v) is 6.94. The normalized spacial score (nSPS) is 18.9. The van der Waals surface area contributed by atoms with E-state index in [2.05, 4.69) is 47.9 Å². The molecule has 1 aliphatic carbocycles. The molecular formula is C15H24ClN3. The predicted octanol–water partition coefficient (Wildman–Crippen LogP) is 2.63. The molecule has 3 nitrogen and oxygen atoms in total. The highest BCUT2D eigenvalue weighted by Gasteiger charge is 2.34. The number of fused-ring (bicyclic) bond motifs is 1. The average Bonchev–Trinajstić information content (AvgIpc) is 3.12. The molecule has 4 heteroatoms. The average molecular weight is 282 g/mol. The van der Waals surface area contributed by atoms with Gasteiger partial charge in [0.05, 0.1) is 11.4 Å². The summed E-state index contributed by atoms with van der Waals surface area (Å²) in [5.41, 5.74) is 8.79. The SMILES string of the molecule is CC(C)(N)CN1CCN(C2CC2)c2ccccc21.Cl. The Balaban J connectivity index is 0.00000133. The Hall–Kier alpha value is -0.930. The number of anilines is 2. The van der Waals surface area contributed by atoms with Crippen LogP contribution in [-0.2, 0) is 0 Å². The summed E-state index contributed by atoms with van der Waals surface area (Å²) in [6.45, 7) is 7.35. The van der Waals surface area contributed by atoms with Crippen molar-refractivity contribution in [3.63, 3.8) is 0 Å². The minimum absolute atomic E-state index is 0. The fourth-order valence-electron chi connectivity index (χ4n) is 2.87. The van der Waals surface area contributed by atoms with Crippen LogP contribution in [-0.4, -0.2) is 31.2 Å². The van der Waals surface area contributed by atoms with Gasteiger partial charge in [0.2, 0.25) is 0 Å². The van der Waals surface area contributed by atoms with Crippen LogP contribution in [0.1, 0.15) is 26.7 Å². The Labute approximate surface area is 122 Å². The van der Waals surface area contributed by atoms with Crippen LogP contribution in [0.15, 0.2) is 24.3 Å². The highest BCUT2D eigenvalue weighted by molar-refractivity contribution is 5.85. The molecule has 0 aromatic heterocycles. The van der Waals surface area contributed by atoms with E-state index in [1.165, 1.54) is 24.2 Å². The molecule has 3 rings (SSSR count). The van der Waals surface area contributed by atoms with Gasteiger partial charge in [-0.15, -0.1) is 12.4 Å². The van der Waals surface area contributed by atoms with Gasteiger partial charge in [-0.1, -0.05) is 12.1 Å². The predicted molar refractivity (Wildman–Crippen MR) is 84.5 cm³/mol. The van der Waals surface area contributed by atoms with Crippen molar-refractivity contribution < 1.29 is 0 Å². The summed E-state index contributed by atoms with van der Waals surface area (Å²) in [5, 5.41) is 0. The van der Waals surface area contributed by atoms with Crippen molar-refractivity contribution in [2.45, 2.75) is 38.3 Å². The van der Waals surface area contributed by atoms with Crippen LogP contribution < -0.4 is 15.5 Å². The van der Waals surface area contributed by atoms with Crippen molar-refractivity contribution in [3.05, 3.63) is 24.3 Å². The highest BCUT2D eigenvalue weighted by Crippen LogP contribution is 2.39. The molecule has 0 spiro atoms. The van der Waals surface area contributed by atoms with E-state index in [1.807, 2.05) is 0 Å². The van der Waals surface area contributed by atoms with Crippen LogP contribution in [0.3, 0.4) is 0 Å². The minimum atomic E-state index is -0.144. The monoisotopic (exact) mass is 281 g/mol. The van der Waals surface area contributed by atoms with Crippen molar-refractivity contribution >= 4 is 23.8 Å². The Morgan fingerprint density at radius 2 is 1.79 bits per heavy atom. The number of halogens is 1. The number of hydrogen-bond acceptors (Lipinski definition) is 3. The van der Waals surface area contributed by atoms with Gasteiger partial charge in [-0.25, -0.2) is 0 Å². The lowest BCUT2D eigenvalue weighted by Crippen LogP contribution is -2.50. The number of rotatable bonds is 3. The second-order valence-corrected chi connectivity index (χ2v) is 6.32. The van der Waals surface area contributed by atoms with E-state index in [1.54, 1.807) is 0 Å². The van der Waals surface area contributed by atoms with Gasteiger partial charge < -0.3 is 15.5 Å². The molecule has 2 N–H and O–H groups in total. The van der Waals surface area contributed by atoms with Crippen LogP contribution in [0.4, 0.5) is 11.4 Å². The summed E-state index contributed by atoms with van der Waals surface area (Å²) in [6, 6.07) is 9.55. The van der Waals surface area contributed by atoms with Crippen LogP contribution in [0.2, 0.25) is 0 Å². The standard InChI is InChI=1S/C15H23N3.ClH/c1-15(2,16)11-17-9-10-18(12-7-8-12)14-6-4-3-5-13(14)17;/h3-6,12H,7-11,16H2,1-2H3;1H. The Bertz CT molecular complexity index is 437. The minimum Gasteiger partial charge on any atom is -0.366 e. The van der Waals surface area contributed by atoms with Gasteiger partial charge in [0, 0.05) is 31.2 Å². The molecule has 1 fully saturated rings. The maximum atomic E-state index is 6.17. The first kappa shape index (κ1) is 14.5. The van der Waals surface area contributed by atoms with Gasteiger partial charge in [0.25, 0.3) is 0 Å². The molecule has 1 aromatic carbocycles. The third-order valence-corrected chi connectivity index (χ3v) is 3.73. The third-order valence-electron chi connectivity index (χ3n) is 3.73. The summed E-state index contributed by atoms with van der Waals surface area (Å²) in [4.78, 5) is 5.02. The molecule has 0 bridgehead atoms. The van der Waals surface area contributed by atoms with Gasteiger partial charge in [-0.05, 0) is 38.8 Å². The van der Waals surface area contributed by atoms with Gasteiger partial charge in [0.1, 0.15) is 0 Å². The molecule has 0 atom stereocenters. The van der Waals surface area contributed by atoms with Crippen molar-refractivity contribution in [3.8, 4) is 0 Å². The van der Waals surface area contributed by atoms with Crippen LogP contribution in [0.25, 0.3) is 0 Å². The first-order chi connectivity index (χ1) is 8.54. The second-order valence-electron chi connectivity index (χ2n) is 6.32. The topological polar surface area (TPSA) is 32.5 Å². The number of nitrogens with two attached hydrogens (primary N) is 1. The lowest BCUT2D eigenvalue weighted by Gasteiger charge is -2.41. The zero-order valence-corrected chi connectivity index (χ0v) is 12.6. The number of hydrogen-bond donors (Lipinski definition) is 1. The Morgan fingerprint density at radius 1 is 1.16 bits per heavy atom. The molecule has 1 heterocycles. The van der Waals surface area contributed by atoms with Crippen LogP contribution >= 0.6 is 12.4 Å². The van der Waals surface area contributed by atoms with Crippen LogP contribution in [0, 0.1) is 0 Å². The molecule has 1 aromatic rings. The molecule has 1 aliphatic heterocycles. The fraction of sp³-hybridized carbons (Fsp3) is 0.600. The summed E-state index contributed by atoms with van der Waals surface area (Å²) in [6.07, 6.45) is 2.72. The van der Waals surface area contributed by atoms with E-state index in [9.17, 15) is 0 Å². The van der Waals surface area contributed by atoms with E-state index in [0.29, 0.717) is 0 Å². The fourth-order valence-corrected chi connectivity index (χ4v) is 2.87.